The molecule has 0 radical (unpaired) electrons. The molecule has 3 aromatic rings. The van der Waals surface area contributed by atoms with E-state index in [1.165, 1.54) is 23.0 Å². The molecule has 2 aromatic carbocycles. The van der Waals surface area contributed by atoms with Gasteiger partial charge in [0, 0.05) is 17.1 Å². The molecule has 1 aromatic heterocycles. The number of rotatable bonds is 4. The Kier molecular flexibility index (Phi) is 4.57. The summed E-state index contributed by atoms with van der Waals surface area (Å²) in [5, 5.41) is 10.7. The van der Waals surface area contributed by atoms with Crippen LogP contribution in [-0.2, 0) is 6.54 Å². The first-order chi connectivity index (χ1) is 11.5. The van der Waals surface area contributed by atoms with E-state index < -0.39 is 11.7 Å². The fraction of sp³-hybridized carbons (Fsp3) is 0.118. The van der Waals surface area contributed by atoms with E-state index in [2.05, 4.69) is 15.6 Å². The van der Waals surface area contributed by atoms with Crippen LogP contribution >= 0.6 is 11.6 Å². The van der Waals surface area contributed by atoms with Crippen molar-refractivity contribution in [2.24, 2.45) is 0 Å². The summed E-state index contributed by atoms with van der Waals surface area (Å²) in [6.07, 6.45) is 1.52. The first-order valence-corrected chi connectivity index (χ1v) is 7.63. The molecule has 0 bridgehead atoms. The minimum absolute atomic E-state index is 0.0261. The number of aryl methyl sites for hydroxylation is 1. The van der Waals surface area contributed by atoms with Crippen LogP contribution in [0, 0.1) is 12.7 Å². The number of hydrogen-bond acceptors (Lipinski definition) is 3. The van der Waals surface area contributed by atoms with Crippen LogP contribution in [0.2, 0.25) is 5.02 Å². The second kappa shape index (κ2) is 6.80. The highest BCUT2D eigenvalue weighted by Gasteiger charge is 2.13. The van der Waals surface area contributed by atoms with Gasteiger partial charge in [-0.15, -0.1) is 5.10 Å². The van der Waals surface area contributed by atoms with Crippen molar-refractivity contribution in [1.29, 1.82) is 0 Å². The highest BCUT2D eigenvalue weighted by atomic mass is 35.5. The zero-order valence-corrected chi connectivity index (χ0v) is 13.6. The third-order valence-corrected chi connectivity index (χ3v) is 3.83. The lowest BCUT2D eigenvalue weighted by molar-refractivity contribution is 0.0945. The van der Waals surface area contributed by atoms with Crippen LogP contribution in [-0.4, -0.2) is 20.9 Å². The SMILES string of the molecule is Cc1cccc(-n2cc(C(=O)NCc3c(F)cccc3Cl)nn2)c1. The summed E-state index contributed by atoms with van der Waals surface area (Å²) in [7, 11) is 0. The lowest BCUT2D eigenvalue weighted by Gasteiger charge is -2.06. The van der Waals surface area contributed by atoms with E-state index in [1.807, 2.05) is 31.2 Å². The number of benzene rings is 2. The second-order valence-electron chi connectivity index (χ2n) is 5.27. The fourth-order valence-electron chi connectivity index (χ4n) is 2.22. The van der Waals surface area contributed by atoms with E-state index >= 15 is 0 Å². The topological polar surface area (TPSA) is 59.8 Å². The Hall–Kier alpha value is -2.73. The maximum atomic E-state index is 13.7. The van der Waals surface area contributed by atoms with Crippen LogP contribution in [0.5, 0.6) is 0 Å². The Morgan fingerprint density at radius 3 is 2.83 bits per heavy atom. The molecule has 122 valence electrons. The minimum Gasteiger partial charge on any atom is -0.346 e. The zero-order chi connectivity index (χ0) is 17.1. The molecule has 0 atom stereocenters. The van der Waals surface area contributed by atoms with Gasteiger partial charge in [0.25, 0.3) is 5.91 Å². The number of amides is 1. The largest absolute Gasteiger partial charge is 0.346 e. The molecule has 7 heteroatoms. The molecule has 0 aliphatic carbocycles. The molecule has 1 N–H and O–H groups in total. The summed E-state index contributed by atoms with van der Waals surface area (Å²) in [4.78, 5) is 12.2. The number of hydrogen-bond donors (Lipinski definition) is 1. The van der Waals surface area contributed by atoms with Crippen molar-refractivity contribution in [3.8, 4) is 5.69 Å². The molecule has 24 heavy (non-hydrogen) atoms. The average molecular weight is 345 g/mol. The third kappa shape index (κ3) is 3.44. The number of carbonyl (C=O) groups is 1. The maximum absolute atomic E-state index is 13.7. The summed E-state index contributed by atoms with van der Waals surface area (Å²) >= 11 is 5.93. The normalized spacial score (nSPS) is 10.6. The van der Waals surface area contributed by atoms with Crippen molar-refractivity contribution in [1.82, 2.24) is 20.3 Å². The van der Waals surface area contributed by atoms with E-state index in [1.54, 1.807) is 6.07 Å². The smallest absolute Gasteiger partial charge is 0.273 e. The van der Waals surface area contributed by atoms with Gasteiger partial charge in [-0.1, -0.05) is 35.0 Å². The monoisotopic (exact) mass is 344 g/mol. The molecule has 0 fully saturated rings. The Bertz CT molecular complexity index is 874. The van der Waals surface area contributed by atoms with Gasteiger partial charge in [-0.3, -0.25) is 4.79 Å². The van der Waals surface area contributed by atoms with Gasteiger partial charge in [-0.05, 0) is 36.8 Å². The molecule has 1 amide bonds. The molecule has 5 nitrogen and oxygen atoms in total. The molecule has 0 spiro atoms. The van der Waals surface area contributed by atoms with Crippen LogP contribution in [0.1, 0.15) is 21.6 Å². The van der Waals surface area contributed by atoms with Crippen molar-refractivity contribution >= 4 is 17.5 Å². The van der Waals surface area contributed by atoms with Gasteiger partial charge in [-0.25, -0.2) is 9.07 Å². The Morgan fingerprint density at radius 1 is 1.29 bits per heavy atom. The first kappa shape index (κ1) is 16.1. The molecule has 3 rings (SSSR count). The van der Waals surface area contributed by atoms with Gasteiger partial charge in [0.1, 0.15) is 5.82 Å². The van der Waals surface area contributed by atoms with Crippen molar-refractivity contribution < 1.29 is 9.18 Å². The average Bonchev–Trinajstić information content (AvgIpc) is 3.04. The van der Waals surface area contributed by atoms with E-state index in [9.17, 15) is 9.18 Å². The summed E-state index contributed by atoms with van der Waals surface area (Å²) in [5.74, 6) is -0.917. The third-order valence-electron chi connectivity index (χ3n) is 3.48. The summed E-state index contributed by atoms with van der Waals surface area (Å²) in [6.45, 7) is 1.94. The number of carbonyl (C=O) groups excluding carboxylic acids is 1. The maximum Gasteiger partial charge on any atom is 0.273 e. The number of nitrogens with zero attached hydrogens (tertiary/aromatic N) is 3. The van der Waals surface area contributed by atoms with E-state index in [4.69, 9.17) is 11.6 Å². The van der Waals surface area contributed by atoms with Crippen LogP contribution in [0.25, 0.3) is 5.69 Å². The van der Waals surface area contributed by atoms with Crippen molar-refractivity contribution in [2.45, 2.75) is 13.5 Å². The molecular weight excluding hydrogens is 331 g/mol. The highest BCUT2D eigenvalue weighted by molar-refractivity contribution is 6.31. The molecule has 1 heterocycles. The van der Waals surface area contributed by atoms with Crippen molar-refractivity contribution in [3.63, 3.8) is 0 Å². The molecule has 0 aliphatic rings. The standard InChI is InChI=1S/C17H14ClFN4O/c1-11-4-2-5-12(8-11)23-10-16(21-22-23)17(24)20-9-13-14(18)6-3-7-15(13)19/h2-8,10H,9H2,1H3,(H,20,24). The van der Waals surface area contributed by atoms with Crippen LogP contribution < -0.4 is 5.32 Å². The number of halogens is 2. The Morgan fingerprint density at radius 2 is 2.08 bits per heavy atom. The lowest BCUT2D eigenvalue weighted by Crippen LogP contribution is -2.24. The summed E-state index contributed by atoms with van der Waals surface area (Å²) in [5.41, 5.74) is 2.25. The van der Waals surface area contributed by atoms with Gasteiger partial charge in [0.05, 0.1) is 11.9 Å². The molecular formula is C17H14ClFN4O. The fourth-order valence-corrected chi connectivity index (χ4v) is 2.45. The van der Waals surface area contributed by atoms with Gasteiger partial charge in [-0.2, -0.15) is 0 Å². The molecule has 0 unspecified atom stereocenters. The second-order valence-corrected chi connectivity index (χ2v) is 5.68. The van der Waals surface area contributed by atoms with Crippen LogP contribution in [0.15, 0.2) is 48.7 Å². The number of aromatic nitrogens is 3. The summed E-state index contributed by atoms with van der Waals surface area (Å²) in [6, 6.07) is 12.0. The van der Waals surface area contributed by atoms with Gasteiger partial charge in [0.2, 0.25) is 0 Å². The predicted molar refractivity (Wildman–Crippen MR) is 88.7 cm³/mol. The quantitative estimate of drug-likeness (QED) is 0.790. The molecule has 0 saturated heterocycles. The van der Waals surface area contributed by atoms with Gasteiger partial charge >= 0.3 is 0 Å². The van der Waals surface area contributed by atoms with Crippen molar-refractivity contribution in [3.05, 3.63) is 76.3 Å². The van der Waals surface area contributed by atoms with Crippen molar-refractivity contribution in [2.75, 3.05) is 0 Å². The highest BCUT2D eigenvalue weighted by Crippen LogP contribution is 2.18. The zero-order valence-electron chi connectivity index (χ0n) is 12.8. The van der Waals surface area contributed by atoms with E-state index in [0.717, 1.165) is 11.3 Å². The van der Waals surface area contributed by atoms with E-state index in [-0.39, 0.29) is 22.8 Å². The van der Waals surface area contributed by atoms with E-state index in [0.29, 0.717) is 0 Å². The lowest BCUT2D eigenvalue weighted by atomic mass is 10.2. The van der Waals surface area contributed by atoms with Gasteiger partial charge < -0.3 is 5.32 Å². The van der Waals surface area contributed by atoms with Crippen LogP contribution in [0.3, 0.4) is 0 Å². The van der Waals surface area contributed by atoms with Gasteiger partial charge in [0.15, 0.2) is 5.69 Å². The minimum atomic E-state index is -0.466. The Balaban J connectivity index is 1.72. The molecule has 0 saturated carbocycles. The first-order valence-electron chi connectivity index (χ1n) is 7.25. The summed E-state index contributed by atoms with van der Waals surface area (Å²) < 4.78 is 15.2. The number of nitrogens with one attached hydrogen (secondary N) is 1. The van der Waals surface area contributed by atoms with Crippen LogP contribution in [0.4, 0.5) is 4.39 Å². The predicted octanol–water partition coefficient (Wildman–Crippen LogP) is 3.30. The Labute approximate surface area is 143 Å². The molecule has 0 aliphatic heterocycles.